The molecule has 84 valence electrons. The first-order valence-corrected chi connectivity index (χ1v) is 6.07. The maximum Gasteiger partial charge on any atom is 0.233 e. The Kier molecular flexibility index (Phi) is 2.06. The number of hydrogen-bond donors (Lipinski definition) is 0. The van der Waals surface area contributed by atoms with E-state index in [4.69, 9.17) is 0 Å². The first-order valence-electron chi connectivity index (χ1n) is 6.07. The van der Waals surface area contributed by atoms with Crippen molar-refractivity contribution >= 4 is 5.91 Å². The van der Waals surface area contributed by atoms with Gasteiger partial charge in [-0.05, 0) is 31.2 Å². The number of likely N-dealkylation sites (N-methyl/N-ethyl adjacent to an activating group) is 1. The standard InChI is InChI=1S/C14H17NO/c1-15-12-7-9-14(10-8-12,13(15)16)11-5-3-2-4-6-11/h2-6,12H,7-10H2,1H3. The van der Waals surface area contributed by atoms with E-state index in [1.807, 2.05) is 30.1 Å². The summed E-state index contributed by atoms with van der Waals surface area (Å²) in [5.41, 5.74) is 1.01. The number of benzene rings is 1. The van der Waals surface area contributed by atoms with Crippen LogP contribution in [0.5, 0.6) is 0 Å². The SMILES string of the molecule is CN1C(=O)C2(c3ccccc3)CCC1CC2. The predicted octanol–water partition coefficient (Wildman–Crippen LogP) is 2.34. The lowest BCUT2D eigenvalue weighted by atomic mass is 9.63. The summed E-state index contributed by atoms with van der Waals surface area (Å²) in [6.45, 7) is 0. The lowest BCUT2D eigenvalue weighted by Gasteiger charge is -2.50. The molecule has 2 saturated heterocycles. The topological polar surface area (TPSA) is 20.3 Å². The number of carbonyl (C=O) groups is 1. The molecule has 16 heavy (non-hydrogen) atoms. The van der Waals surface area contributed by atoms with Crippen LogP contribution in [0.4, 0.5) is 0 Å². The summed E-state index contributed by atoms with van der Waals surface area (Å²) >= 11 is 0. The molecule has 0 N–H and O–H groups in total. The van der Waals surface area contributed by atoms with E-state index in [1.54, 1.807) is 0 Å². The van der Waals surface area contributed by atoms with E-state index in [1.165, 1.54) is 5.56 Å². The fourth-order valence-corrected chi connectivity index (χ4v) is 3.37. The second kappa shape index (κ2) is 3.34. The predicted molar refractivity (Wildman–Crippen MR) is 63.1 cm³/mol. The Bertz CT molecular complexity index is 404. The molecule has 0 radical (unpaired) electrons. The Morgan fingerprint density at radius 2 is 1.81 bits per heavy atom. The Balaban J connectivity index is 2.07. The maximum atomic E-state index is 12.4. The van der Waals surface area contributed by atoms with Gasteiger partial charge >= 0.3 is 0 Å². The number of amides is 1. The van der Waals surface area contributed by atoms with Gasteiger partial charge in [-0.1, -0.05) is 30.3 Å². The summed E-state index contributed by atoms with van der Waals surface area (Å²) in [6, 6.07) is 10.8. The highest BCUT2D eigenvalue weighted by Gasteiger charge is 2.51. The minimum atomic E-state index is -0.204. The average Bonchev–Trinajstić information content (AvgIpc) is 2.37. The number of nitrogens with zero attached hydrogens (tertiary/aromatic N) is 1. The van der Waals surface area contributed by atoms with E-state index in [2.05, 4.69) is 12.1 Å². The van der Waals surface area contributed by atoms with Gasteiger partial charge in [-0.3, -0.25) is 4.79 Å². The molecule has 0 aromatic heterocycles. The van der Waals surface area contributed by atoms with Crippen LogP contribution in [0.15, 0.2) is 30.3 Å². The first kappa shape index (κ1) is 9.88. The highest BCUT2D eigenvalue weighted by Crippen LogP contribution is 2.46. The van der Waals surface area contributed by atoms with Crippen molar-refractivity contribution in [2.24, 2.45) is 0 Å². The Hall–Kier alpha value is -1.31. The monoisotopic (exact) mass is 215 g/mol. The number of fused-ring (bicyclic) bond motifs is 3. The van der Waals surface area contributed by atoms with Crippen LogP contribution in [-0.2, 0) is 10.2 Å². The fourth-order valence-electron chi connectivity index (χ4n) is 3.37. The summed E-state index contributed by atoms with van der Waals surface area (Å²) < 4.78 is 0. The van der Waals surface area contributed by atoms with E-state index in [-0.39, 0.29) is 5.41 Å². The first-order chi connectivity index (χ1) is 7.74. The fraction of sp³-hybridized carbons (Fsp3) is 0.500. The third-order valence-corrected chi connectivity index (χ3v) is 4.41. The van der Waals surface area contributed by atoms with E-state index in [0.717, 1.165) is 25.7 Å². The lowest BCUT2D eigenvalue weighted by molar-refractivity contribution is -0.148. The molecule has 4 rings (SSSR count). The van der Waals surface area contributed by atoms with Crippen LogP contribution in [0.25, 0.3) is 0 Å². The zero-order valence-corrected chi connectivity index (χ0v) is 9.65. The lowest BCUT2D eigenvalue weighted by Crippen LogP contribution is -2.58. The van der Waals surface area contributed by atoms with E-state index in [0.29, 0.717) is 11.9 Å². The van der Waals surface area contributed by atoms with Crippen molar-refractivity contribution in [3.63, 3.8) is 0 Å². The summed E-state index contributed by atoms with van der Waals surface area (Å²) in [5.74, 6) is 0.334. The summed E-state index contributed by atoms with van der Waals surface area (Å²) in [5, 5.41) is 0. The second-order valence-electron chi connectivity index (χ2n) is 5.10. The molecular weight excluding hydrogens is 198 g/mol. The molecule has 3 fully saturated rings. The van der Waals surface area contributed by atoms with Gasteiger partial charge in [-0.2, -0.15) is 0 Å². The van der Waals surface area contributed by atoms with Gasteiger partial charge in [0, 0.05) is 13.1 Å². The highest BCUT2D eigenvalue weighted by molar-refractivity contribution is 5.90. The van der Waals surface area contributed by atoms with E-state index >= 15 is 0 Å². The van der Waals surface area contributed by atoms with Crippen LogP contribution < -0.4 is 0 Å². The molecule has 1 aromatic rings. The molecular formula is C14H17NO. The van der Waals surface area contributed by atoms with Gasteiger partial charge < -0.3 is 4.90 Å². The number of rotatable bonds is 1. The van der Waals surface area contributed by atoms with Gasteiger partial charge in [0.15, 0.2) is 0 Å². The Morgan fingerprint density at radius 3 is 2.44 bits per heavy atom. The third kappa shape index (κ3) is 1.16. The van der Waals surface area contributed by atoms with Crippen molar-refractivity contribution in [3.8, 4) is 0 Å². The quantitative estimate of drug-likeness (QED) is 0.704. The van der Waals surface area contributed by atoms with Gasteiger partial charge in [0.25, 0.3) is 0 Å². The molecule has 1 amide bonds. The summed E-state index contributed by atoms with van der Waals surface area (Å²) in [6.07, 6.45) is 4.39. The molecule has 2 heteroatoms. The van der Waals surface area contributed by atoms with Gasteiger partial charge in [-0.15, -0.1) is 0 Å². The van der Waals surface area contributed by atoms with Gasteiger partial charge in [-0.25, -0.2) is 0 Å². The molecule has 1 saturated carbocycles. The molecule has 2 bridgehead atoms. The van der Waals surface area contributed by atoms with Crippen molar-refractivity contribution in [3.05, 3.63) is 35.9 Å². The zero-order chi connectivity index (χ0) is 11.2. The molecule has 2 aliphatic heterocycles. The molecule has 3 aliphatic rings. The Labute approximate surface area is 96.3 Å². The molecule has 2 heterocycles. The van der Waals surface area contributed by atoms with Crippen molar-refractivity contribution in [1.82, 2.24) is 4.90 Å². The van der Waals surface area contributed by atoms with Gasteiger partial charge in [0.05, 0.1) is 5.41 Å². The minimum Gasteiger partial charge on any atom is -0.342 e. The molecule has 0 spiro atoms. The van der Waals surface area contributed by atoms with Gasteiger partial charge in [0.1, 0.15) is 0 Å². The summed E-state index contributed by atoms with van der Waals surface area (Å²) in [4.78, 5) is 14.4. The molecule has 1 aromatic carbocycles. The van der Waals surface area contributed by atoms with Gasteiger partial charge in [0.2, 0.25) is 5.91 Å². The highest BCUT2D eigenvalue weighted by atomic mass is 16.2. The molecule has 1 aliphatic carbocycles. The Morgan fingerprint density at radius 1 is 1.19 bits per heavy atom. The molecule has 0 unspecified atom stereocenters. The van der Waals surface area contributed by atoms with Crippen molar-refractivity contribution in [2.45, 2.75) is 37.1 Å². The van der Waals surface area contributed by atoms with Crippen LogP contribution in [0.1, 0.15) is 31.2 Å². The van der Waals surface area contributed by atoms with E-state index in [9.17, 15) is 4.79 Å². The van der Waals surface area contributed by atoms with Crippen LogP contribution in [0.2, 0.25) is 0 Å². The van der Waals surface area contributed by atoms with Crippen molar-refractivity contribution in [2.75, 3.05) is 7.05 Å². The smallest absolute Gasteiger partial charge is 0.233 e. The van der Waals surface area contributed by atoms with Crippen LogP contribution in [0, 0.1) is 0 Å². The number of hydrogen-bond acceptors (Lipinski definition) is 1. The molecule has 0 atom stereocenters. The maximum absolute atomic E-state index is 12.4. The second-order valence-corrected chi connectivity index (χ2v) is 5.10. The van der Waals surface area contributed by atoms with Crippen molar-refractivity contribution < 1.29 is 4.79 Å². The normalized spacial score (nSPS) is 33.2. The zero-order valence-electron chi connectivity index (χ0n) is 9.65. The number of piperidine rings is 2. The summed E-state index contributed by atoms with van der Waals surface area (Å²) in [7, 11) is 1.96. The van der Waals surface area contributed by atoms with Crippen LogP contribution >= 0.6 is 0 Å². The average molecular weight is 215 g/mol. The van der Waals surface area contributed by atoms with Crippen LogP contribution in [-0.4, -0.2) is 23.9 Å². The minimum absolute atomic E-state index is 0.204. The third-order valence-electron chi connectivity index (χ3n) is 4.41. The largest absolute Gasteiger partial charge is 0.342 e. The van der Waals surface area contributed by atoms with Crippen LogP contribution in [0.3, 0.4) is 0 Å². The van der Waals surface area contributed by atoms with E-state index < -0.39 is 0 Å². The van der Waals surface area contributed by atoms with Crippen molar-refractivity contribution in [1.29, 1.82) is 0 Å². The molecule has 2 nitrogen and oxygen atoms in total. The number of carbonyl (C=O) groups excluding carboxylic acids is 1.